The van der Waals surface area contributed by atoms with Gasteiger partial charge in [0, 0.05) is 29.6 Å². The van der Waals surface area contributed by atoms with E-state index in [0.29, 0.717) is 22.2 Å². The number of non-ortho nitro benzene ring substituents is 1. The summed E-state index contributed by atoms with van der Waals surface area (Å²) in [6.07, 6.45) is -0.0679. The molecule has 1 aromatic heterocycles. The molecule has 0 aliphatic heterocycles. The maximum Gasteiger partial charge on any atom is 0.310 e. The fourth-order valence-corrected chi connectivity index (χ4v) is 3.23. The Hall–Kier alpha value is -3.19. The summed E-state index contributed by atoms with van der Waals surface area (Å²) in [6, 6.07) is 14.3. The van der Waals surface area contributed by atoms with E-state index < -0.39 is 10.9 Å². The summed E-state index contributed by atoms with van der Waals surface area (Å²) in [4.78, 5) is 23.2. The number of ether oxygens (including phenoxy) is 1. The molecular formula is C19H19N3O4. The van der Waals surface area contributed by atoms with Gasteiger partial charge in [0.2, 0.25) is 0 Å². The summed E-state index contributed by atoms with van der Waals surface area (Å²) in [5.74, 6) is -0.438. The minimum atomic E-state index is -0.438. The smallest absolute Gasteiger partial charge is 0.310 e. The lowest BCUT2D eigenvalue weighted by Crippen LogP contribution is -2.12. The van der Waals surface area contributed by atoms with Gasteiger partial charge in [-0.2, -0.15) is 0 Å². The van der Waals surface area contributed by atoms with Crippen LogP contribution in [0.25, 0.3) is 16.6 Å². The highest BCUT2D eigenvalue weighted by atomic mass is 16.6. The summed E-state index contributed by atoms with van der Waals surface area (Å²) in [5.41, 5.74) is 8.61. The molecule has 2 aromatic carbocycles. The number of benzene rings is 2. The third-order valence-corrected chi connectivity index (χ3v) is 4.21. The second kappa shape index (κ2) is 7.37. The molecule has 2 N–H and O–H groups in total. The molecule has 0 bridgehead atoms. The van der Waals surface area contributed by atoms with Crippen molar-refractivity contribution >= 4 is 22.6 Å². The Bertz CT molecular complexity index is 964. The van der Waals surface area contributed by atoms with E-state index >= 15 is 0 Å². The van der Waals surface area contributed by atoms with Gasteiger partial charge in [0.15, 0.2) is 0 Å². The number of para-hydroxylation sites is 1. The van der Waals surface area contributed by atoms with E-state index in [2.05, 4.69) is 0 Å². The van der Waals surface area contributed by atoms with Crippen LogP contribution in [-0.4, -0.2) is 22.1 Å². The van der Waals surface area contributed by atoms with Gasteiger partial charge in [-0.3, -0.25) is 14.9 Å². The quantitative estimate of drug-likeness (QED) is 0.417. The van der Waals surface area contributed by atoms with Crippen LogP contribution < -0.4 is 5.73 Å². The van der Waals surface area contributed by atoms with Crippen molar-refractivity contribution in [1.82, 2.24) is 4.57 Å². The molecule has 0 unspecified atom stereocenters. The van der Waals surface area contributed by atoms with Gasteiger partial charge < -0.3 is 15.0 Å². The van der Waals surface area contributed by atoms with Crippen LogP contribution in [0.1, 0.15) is 18.2 Å². The topological polar surface area (TPSA) is 100 Å². The fraction of sp³-hybridized carbons (Fsp3) is 0.211. The summed E-state index contributed by atoms with van der Waals surface area (Å²) in [6.45, 7) is 2.10. The third kappa shape index (κ3) is 3.04. The average molecular weight is 353 g/mol. The van der Waals surface area contributed by atoms with Crippen molar-refractivity contribution in [3.63, 3.8) is 0 Å². The highest BCUT2D eigenvalue weighted by Crippen LogP contribution is 2.36. The van der Waals surface area contributed by atoms with Crippen LogP contribution in [0.3, 0.4) is 0 Å². The van der Waals surface area contributed by atoms with E-state index in [9.17, 15) is 14.9 Å². The van der Waals surface area contributed by atoms with Crippen LogP contribution in [0.15, 0.2) is 48.5 Å². The highest BCUT2D eigenvalue weighted by molar-refractivity contribution is 5.97. The second-order valence-electron chi connectivity index (χ2n) is 5.71. The minimum Gasteiger partial charge on any atom is -0.466 e. The zero-order valence-corrected chi connectivity index (χ0v) is 14.3. The van der Waals surface area contributed by atoms with Crippen LogP contribution in [0.5, 0.6) is 0 Å². The Morgan fingerprint density at radius 2 is 1.92 bits per heavy atom. The van der Waals surface area contributed by atoms with Gasteiger partial charge in [-0.25, -0.2) is 0 Å². The van der Waals surface area contributed by atoms with Gasteiger partial charge in [0.1, 0.15) is 0 Å². The number of fused-ring (bicyclic) bond motifs is 1. The summed E-state index contributed by atoms with van der Waals surface area (Å²) >= 11 is 0. The second-order valence-corrected chi connectivity index (χ2v) is 5.71. The summed E-state index contributed by atoms with van der Waals surface area (Å²) in [7, 11) is 0. The maximum atomic E-state index is 12.1. The predicted molar refractivity (Wildman–Crippen MR) is 98.2 cm³/mol. The number of rotatable bonds is 6. The van der Waals surface area contributed by atoms with E-state index in [1.807, 2.05) is 34.9 Å². The Morgan fingerprint density at radius 3 is 2.54 bits per heavy atom. The van der Waals surface area contributed by atoms with E-state index in [1.54, 1.807) is 19.1 Å². The highest BCUT2D eigenvalue weighted by Gasteiger charge is 2.26. The summed E-state index contributed by atoms with van der Waals surface area (Å²) < 4.78 is 6.92. The molecule has 0 saturated carbocycles. The van der Waals surface area contributed by atoms with Crippen molar-refractivity contribution in [1.29, 1.82) is 0 Å². The zero-order chi connectivity index (χ0) is 18.7. The van der Waals surface area contributed by atoms with Crippen molar-refractivity contribution in [3.05, 3.63) is 69.9 Å². The molecule has 0 aliphatic carbocycles. The molecule has 3 aromatic rings. The van der Waals surface area contributed by atoms with Crippen LogP contribution in [0.2, 0.25) is 0 Å². The number of carbonyl (C=O) groups is 1. The van der Waals surface area contributed by atoms with Crippen LogP contribution in [0.4, 0.5) is 5.69 Å². The van der Waals surface area contributed by atoms with Crippen molar-refractivity contribution < 1.29 is 14.5 Å². The number of nitro groups is 1. The Labute approximate surface area is 150 Å². The Balaban J connectivity index is 2.36. The van der Waals surface area contributed by atoms with Crippen molar-refractivity contribution in [3.8, 4) is 5.69 Å². The fourth-order valence-electron chi connectivity index (χ4n) is 3.23. The first-order chi connectivity index (χ1) is 12.6. The molecule has 1 heterocycles. The first-order valence-electron chi connectivity index (χ1n) is 8.29. The van der Waals surface area contributed by atoms with Gasteiger partial charge in [-0.05, 0) is 25.1 Å². The van der Waals surface area contributed by atoms with E-state index in [4.69, 9.17) is 10.5 Å². The Morgan fingerprint density at radius 1 is 1.19 bits per heavy atom. The van der Waals surface area contributed by atoms with E-state index in [0.717, 1.165) is 5.69 Å². The van der Waals surface area contributed by atoms with Crippen LogP contribution in [0, 0.1) is 10.1 Å². The number of esters is 1. The lowest BCUT2D eigenvalue weighted by Gasteiger charge is -2.10. The van der Waals surface area contributed by atoms with E-state index in [1.165, 1.54) is 6.07 Å². The molecule has 0 amide bonds. The average Bonchev–Trinajstić information content (AvgIpc) is 2.96. The molecule has 0 fully saturated rings. The number of carbonyl (C=O) groups excluding carboxylic acids is 1. The van der Waals surface area contributed by atoms with E-state index in [-0.39, 0.29) is 25.3 Å². The zero-order valence-electron chi connectivity index (χ0n) is 14.3. The molecule has 3 rings (SSSR count). The normalized spacial score (nSPS) is 10.8. The molecule has 0 saturated heterocycles. The largest absolute Gasteiger partial charge is 0.466 e. The molecule has 7 nitrogen and oxygen atoms in total. The first-order valence-corrected chi connectivity index (χ1v) is 8.29. The Kier molecular flexibility index (Phi) is 4.99. The SMILES string of the molecule is CCOC(=O)Cc1c(CN)n(-c2ccccc2)c2cccc([N+](=O)[O-])c12. The molecule has 0 radical (unpaired) electrons. The van der Waals surface area contributed by atoms with Crippen molar-refractivity contribution in [2.45, 2.75) is 19.9 Å². The van der Waals surface area contributed by atoms with Gasteiger partial charge in [-0.1, -0.05) is 24.3 Å². The molecule has 134 valence electrons. The van der Waals surface area contributed by atoms with Crippen molar-refractivity contribution in [2.24, 2.45) is 5.73 Å². The number of hydrogen-bond acceptors (Lipinski definition) is 5. The van der Waals surface area contributed by atoms with Gasteiger partial charge in [-0.15, -0.1) is 0 Å². The molecule has 7 heteroatoms. The standard InChI is InChI=1S/C19H19N3O4/c1-2-26-18(23)11-14-17(12-20)21(13-7-4-3-5-8-13)15-9-6-10-16(19(14)15)22(24)25/h3-10H,2,11-12,20H2,1H3. The predicted octanol–water partition coefficient (Wildman–Crippen LogP) is 3.10. The number of nitrogens with two attached hydrogens (primary N) is 1. The molecule has 0 spiro atoms. The van der Waals surface area contributed by atoms with Gasteiger partial charge in [0.05, 0.1) is 28.9 Å². The first kappa shape index (κ1) is 17.6. The number of nitro benzene ring substituents is 1. The van der Waals surface area contributed by atoms with Crippen molar-refractivity contribution in [2.75, 3.05) is 6.61 Å². The maximum absolute atomic E-state index is 12.1. The molecule has 0 aliphatic rings. The van der Waals surface area contributed by atoms with Gasteiger partial charge >= 0.3 is 5.97 Å². The molecule has 0 atom stereocenters. The lowest BCUT2D eigenvalue weighted by molar-refractivity contribution is -0.383. The summed E-state index contributed by atoms with van der Waals surface area (Å²) in [5, 5.41) is 12.0. The number of nitrogens with zero attached hydrogens (tertiary/aromatic N) is 2. The number of hydrogen-bond donors (Lipinski definition) is 1. The minimum absolute atomic E-state index is 0.0498. The molecular weight excluding hydrogens is 334 g/mol. The molecule has 26 heavy (non-hydrogen) atoms. The van der Waals surface area contributed by atoms with Gasteiger partial charge in [0.25, 0.3) is 5.69 Å². The van der Waals surface area contributed by atoms with Crippen LogP contribution >= 0.6 is 0 Å². The van der Waals surface area contributed by atoms with Crippen LogP contribution in [-0.2, 0) is 22.5 Å². The number of aromatic nitrogens is 1. The monoisotopic (exact) mass is 353 g/mol. The lowest BCUT2D eigenvalue weighted by atomic mass is 10.1. The third-order valence-electron chi connectivity index (χ3n) is 4.21.